The van der Waals surface area contributed by atoms with Crippen LogP contribution in [0.2, 0.25) is 0 Å². The van der Waals surface area contributed by atoms with Gasteiger partial charge in [-0.25, -0.2) is 0 Å². The second kappa shape index (κ2) is 11.7. The molecule has 0 saturated heterocycles. The number of benzene rings is 2. The Labute approximate surface area is 199 Å². The molecule has 0 amide bonds. The minimum absolute atomic E-state index is 0. The Hall–Kier alpha value is -1.27. The normalized spacial score (nSPS) is 15.1. The van der Waals surface area contributed by atoms with E-state index in [1.807, 2.05) is 30.3 Å². The quantitative estimate of drug-likeness (QED) is 0.286. The van der Waals surface area contributed by atoms with Crippen molar-refractivity contribution in [1.82, 2.24) is 0 Å². The van der Waals surface area contributed by atoms with Crippen molar-refractivity contribution in [3.63, 3.8) is 0 Å². The summed E-state index contributed by atoms with van der Waals surface area (Å²) in [5.41, 5.74) is 2.28. The zero-order valence-electron chi connectivity index (χ0n) is 16.4. The van der Waals surface area contributed by atoms with Crippen LogP contribution in [0.15, 0.2) is 55.1 Å². The topological polar surface area (TPSA) is 46.2 Å². The van der Waals surface area contributed by atoms with E-state index in [0.29, 0.717) is 6.61 Å². The smallest absolute Gasteiger partial charge is 0.188 e. The summed E-state index contributed by atoms with van der Waals surface area (Å²) < 4.78 is 26.9. The van der Waals surface area contributed by atoms with Crippen LogP contribution in [-0.2, 0) is 9.47 Å². The molecule has 0 N–H and O–H groups in total. The monoisotopic (exact) mass is 510 g/mol. The molecule has 1 radical (unpaired) electrons. The van der Waals surface area contributed by atoms with Gasteiger partial charge in [-0.15, -0.1) is 12.5 Å². The first kappa shape index (κ1) is 23.0. The van der Waals surface area contributed by atoms with Crippen LogP contribution in [0.25, 0.3) is 0 Å². The standard InChI is InChI=1S/C22H25O5.Pr/c1-4-5-19-20-11-10-18(27-15-24-3)12-22(20)25-13-21(19)16-6-8-17(9-7-16)26-14-23-2;/h4,6-12,19H,1,5,13-15H2,2-3H3;/q-1;. The van der Waals surface area contributed by atoms with Gasteiger partial charge in [0.2, 0.25) is 0 Å². The molecule has 147 valence electrons. The molecule has 6 heteroatoms. The third kappa shape index (κ3) is 5.63. The molecule has 1 heterocycles. The summed E-state index contributed by atoms with van der Waals surface area (Å²) in [6, 6.07) is 13.9. The fourth-order valence-corrected chi connectivity index (χ4v) is 3.20. The van der Waals surface area contributed by atoms with E-state index in [1.54, 1.807) is 14.2 Å². The van der Waals surface area contributed by atoms with Crippen LogP contribution in [0.4, 0.5) is 0 Å². The Morgan fingerprint density at radius 1 is 1.04 bits per heavy atom. The van der Waals surface area contributed by atoms with Gasteiger partial charge in [-0.3, -0.25) is 0 Å². The molecule has 1 unspecified atom stereocenters. The van der Waals surface area contributed by atoms with Crippen LogP contribution in [0.5, 0.6) is 17.2 Å². The van der Waals surface area contributed by atoms with Gasteiger partial charge in [0.25, 0.3) is 0 Å². The molecule has 0 spiro atoms. The van der Waals surface area contributed by atoms with E-state index in [1.165, 1.54) is 5.92 Å². The van der Waals surface area contributed by atoms with E-state index in [9.17, 15) is 0 Å². The fourth-order valence-electron chi connectivity index (χ4n) is 3.20. The number of fused-ring (bicyclic) bond motifs is 1. The van der Waals surface area contributed by atoms with Crippen LogP contribution in [-0.4, -0.2) is 34.4 Å². The minimum atomic E-state index is 0. The molecular formula is C22H25O5Pr-. The van der Waals surface area contributed by atoms with Crippen molar-refractivity contribution in [3.8, 4) is 17.2 Å². The van der Waals surface area contributed by atoms with Gasteiger partial charge in [0.05, 0.1) is 12.4 Å². The summed E-state index contributed by atoms with van der Waals surface area (Å²) >= 11 is 0. The van der Waals surface area contributed by atoms with Crippen molar-refractivity contribution in [1.29, 1.82) is 0 Å². The SMILES string of the molecule is C=CCC1c2ccc(OCOC)cc2OC[C-]1c1ccc(OCOC)cc1.[Pr]. The Morgan fingerprint density at radius 2 is 1.68 bits per heavy atom. The summed E-state index contributed by atoms with van der Waals surface area (Å²) in [7, 11) is 3.20. The third-order valence-corrected chi connectivity index (χ3v) is 4.48. The first-order valence-corrected chi connectivity index (χ1v) is 8.84. The van der Waals surface area contributed by atoms with Crippen molar-refractivity contribution in [2.75, 3.05) is 34.4 Å². The van der Waals surface area contributed by atoms with Crippen LogP contribution in [0.1, 0.15) is 23.5 Å². The Morgan fingerprint density at radius 3 is 2.32 bits per heavy atom. The van der Waals surface area contributed by atoms with Crippen LogP contribution in [0.3, 0.4) is 0 Å². The summed E-state index contributed by atoms with van der Waals surface area (Å²) in [4.78, 5) is 0. The van der Waals surface area contributed by atoms with Gasteiger partial charge >= 0.3 is 0 Å². The molecule has 1 aliphatic heterocycles. The second-order valence-corrected chi connectivity index (χ2v) is 6.22. The molecule has 1 aliphatic rings. The van der Waals surface area contributed by atoms with Gasteiger partial charge in [-0.05, 0) is 24.0 Å². The molecule has 3 rings (SSSR count). The number of ether oxygens (including phenoxy) is 5. The number of hydrogen-bond acceptors (Lipinski definition) is 5. The van der Waals surface area contributed by atoms with Gasteiger partial charge in [0, 0.05) is 61.6 Å². The number of rotatable bonds is 9. The molecule has 2 aromatic rings. The van der Waals surface area contributed by atoms with Gasteiger partial charge in [-0.2, -0.15) is 17.7 Å². The molecular weight excluding hydrogens is 485 g/mol. The average molecular weight is 510 g/mol. The summed E-state index contributed by atoms with van der Waals surface area (Å²) in [6.07, 6.45) is 2.79. The maximum absolute atomic E-state index is 6.04. The molecule has 0 bridgehead atoms. The van der Waals surface area contributed by atoms with E-state index in [4.69, 9.17) is 23.7 Å². The van der Waals surface area contributed by atoms with E-state index in [2.05, 4.69) is 24.8 Å². The Balaban J connectivity index is 0.00000280. The Bertz CT molecular complexity index is 747. The average Bonchev–Trinajstić information content (AvgIpc) is 2.71. The number of allylic oxidation sites excluding steroid dienone is 1. The molecule has 0 fully saturated rings. The number of hydrogen-bond donors (Lipinski definition) is 0. The first-order chi connectivity index (χ1) is 13.3. The van der Waals surface area contributed by atoms with Crippen molar-refractivity contribution in [2.24, 2.45) is 0 Å². The molecule has 28 heavy (non-hydrogen) atoms. The van der Waals surface area contributed by atoms with Crippen LogP contribution >= 0.6 is 0 Å². The van der Waals surface area contributed by atoms with E-state index >= 15 is 0 Å². The molecule has 0 aliphatic carbocycles. The second-order valence-electron chi connectivity index (χ2n) is 6.22. The van der Waals surface area contributed by atoms with Crippen molar-refractivity contribution >= 4 is 0 Å². The predicted octanol–water partition coefficient (Wildman–Crippen LogP) is 4.33. The van der Waals surface area contributed by atoms with Crippen LogP contribution in [0, 0.1) is 47.2 Å². The zero-order valence-corrected chi connectivity index (χ0v) is 20.1. The molecule has 1 atom stereocenters. The maximum Gasteiger partial charge on any atom is 0.188 e. The van der Waals surface area contributed by atoms with Crippen LogP contribution < -0.4 is 14.2 Å². The van der Waals surface area contributed by atoms with E-state index in [-0.39, 0.29) is 60.8 Å². The summed E-state index contributed by atoms with van der Waals surface area (Å²) in [5, 5.41) is 0. The van der Waals surface area contributed by atoms with Gasteiger partial charge < -0.3 is 23.7 Å². The van der Waals surface area contributed by atoms with Gasteiger partial charge in [0.1, 0.15) is 11.5 Å². The van der Waals surface area contributed by atoms with Gasteiger partial charge in [-0.1, -0.05) is 24.3 Å². The minimum Gasteiger partial charge on any atom is -0.501 e. The molecule has 2 aromatic carbocycles. The first-order valence-electron chi connectivity index (χ1n) is 8.84. The molecule has 0 aromatic heterocycles. The third-order valence-electron chi connectivity index (χ3n) is 4.48. The van der Waals surface area contributed by atoms with Crippen molar-refractivity contribution in [3.05, 3.63) is 72.2 Å². The molecule has 5 nitrogen and oxygen atoms in total. The number of methoxy groups -OCH3 is 2. The molecule has 0 saturated carbocycles. The summed E-state index contributed by atoms with van der Waals surface area (Å²) in [5.74, 6) is 3.80. The van der Waals surface area contributed by atoms with E-state index in [0.717, 1.165) is 34.8 Å². The Kier molecular flexibility index (Phi) is 9.59. The maximum atomic E-state index is 6.04. The van der Waals surface area contributed by atoms with Crippen molar-refractivity contribution < 1.29 is 65.0 Å². The zero-order chi connectivity index (χ0) is 19.1. The predicted molar refractivity (Wildman–Crippen MR) is 103 cm³/mol. The largest absolute Gasteiger partial charge is 0.501 e. The van der Waals surface area contributed by atoms with Gasteiger partial charge in [0.15, 0.2) is 13.6 Å². The summed E-state index contributed by atoms with van der Waals surface area (Å²) in [6.45, 7) is 4.90. The fraction of sp³-hybridized carbons (Fsp3) is 0.318. The van der Waals surface area contributed by atoms with E-state index < -0.39 is 0 Å². The van der Waals surface area contributed by atoms with Crippen molar-refractivity contribution in [2.45, 2.75) is 12.3 Å².